The number of benzene rings is 1. The lowest BCUT2D eigenvalue weighted by Crippen LogP contribution is -2.07. The normalized spacial score (nSPS) is 10.8. The van der Waals surface area contributed by atoms with Crippen LogP contribution < -0.4 is 0 Å². The second kappa shape index (κ2) is 7.16. The fourth-order valence-corrected chi connectivity index (χ4v) is 2.34. The lowest BCUT2D eigenvalue weighted by molar-refractivity contribution is 0.0978. The number of hydrogen-bond donors (Lipinski definition) is 0. The van der Waals surface area contributed by atoms with Crippen molar-refractivity contribution in [3.05, 3.63) is 53.1 Å². The fraction of sp³-hybridized carbons (Fsp3) is 0.412. The van der Waals surface area contributed by atoms with Gasteiger partial charge in [-0.25, -0.2) is 4.39 Å². The lowest BCUT2D eigenvalue weighted by atomic mass is 10.1. The number of ketones is 1. The Labute approximate surface area is 124 Å². The molecule has 1 aromatic carbocycles. The van der Waals surface area contributed by atoms with E-state index in [1.807, 2.05) is 4.68 Å². The molecule has 0 fully saturated rings. The topological polar surface area (TPSA) is 34.9 Å². The fourth-order valence-electron chi connectivity index (χ4n) is 2.34. The molecule has 0 bridgehead atoms. The van der Waals surface area contributed by atoms with Crippen molar-refractivity contribution in [2.75, 3.05) is 0 Å². The smallest absolute Gasteiger partial charge is 0.162 e. The molecule has 0 unspecified atom stereocenters. The van der Waals surface area contributed by atoms with Crippen LogP contribution in [0, 0.1) is 5.82 Å². The van der Waals surface area contributed by atoms with E-state index in [9.17, 15) is 9.18 Å². The van der Waals surface area contributed by atoms with E-state index in [1.54, 1.807) is 0 Å². The quantitative estimate of drug-likeness (QED) is 0.726. The SMILES string of the molecule is CCc1cc(CC)n(CCCC(=O)c2ccc(F)cc2)n1. The number of carbonyl (C=O) groups excluding carboxylic acids is 1. The summed E-state index contributed by atoms with van der Waals surface area (Å²) in [4.78, 5) is 12.0. The molecule has 0 aliphatic carbocycles. The Hall–Kier alpha value is -1.97. The van der Waals surface area contributed by atoms with Gasteiger partial charge >= 0.3 is 0 Å². The molecule has 0 amide bonds. The molecule has 112 valence electrons. The van der Waals surface area contributed by atoms with Gasteiger partial charge in [0.15, 0.2) is 5.78 Å². The molecule has 3 nitrogen and oxygen atoms in total. The van der Waals surface area contributed by atoms with Crippen LogP contribution in [-0.4, -0.2) is 15.6 Å². The summed E-state index contributed by atoms with van der Waals surface area (Å²) in [6.07, 6.45) is 3.07. The van der Waals surface area contributed by atoms with E-state index >= 15 is 0 Å². The first-order chi connectivity index (χ1) is 10.1. The molecule has 0 aliphatic rings. The van der Waals surface area contributed by atoms with Crippen LogP contribution in [0.1, 0.15) is 48.4 Å². The van der Waals surface area contributed by atoms with Gasteiger partial charge in [0.25, 0.3) is 0 Å². The summed E-state index contributed by atoms with van der Waals surface area (Å²) >= 11 is 0. The van der Waals surface area contributed by atoms with Gasteiger partial charge in [-0.2, -0.15) is 5.10 Å². The lowest BCUT2D eigenvalue weighted by Gasteiger charge is -2.05. The average Bonchev–Trinajstić information content (AvgIpc) is 2.90. The maximum Gasteiger partial charge on any atom is 0.162 e. The minimum Gasteiger partial charge on any atom is -0.294 e. The average molecular weight is 288 g/mol. The van der Waals surface area contributed by atoms with Crippen LogP contribution in [-0.2, 0) is 19.4 Å². The van der Waals surface area contributed by atoms with Crippen molar-refractivity contribution in [3.63, 3.8) is 0 Å². The predicted molar refractivity (Wildman–Crippen MR) is 80.9 cm³/mol. The summed E-state index contributed by atoms with van der Waals surface area (Å²) in [6.45, 7) is 4.94. The first-order valence-electron chi connectivity index (χ1n) is 7.48. The van der Waals surface area contributed by atoms with E-state index in [4.69, 9.17) is 0 Å². The first kappa shape index (κ1) is 15.4. The van der Waals surface area contributed by atoms with Crippen LogP contribution in [0.4, 0.5) is 4.39 Å². The summed E-state index contributed by atoms with van der Waals surface area (Å²) in [5, 5.41) is 4.54. The molecule has 4 heteroatoms. The second-order valence-electron chi connectivity index (χ2n) is 5.09. The van der Waals surface area contributed by atoms with E-state index in [-0.39, 0.29) is 11.6 Å². The molecule has 0 spiro atoms. The van der Waals surface area contributed by atoms with Crippen molar-refractivity contribution in [3.8, 4) is 0 Å². The summed E-state index contributed by atoms with van der Waals surface area (Å²) in [5.41, 5.74) is 2.87. The van der Waals surface area contributed by atoms with Gasteiger partial charge in [0.2, 0.25) is 0 Å². The van der Waals surface area contributed by atoms with Crippen molar-refractivity contribution in [2.45, 2.75) is 46.1 Å². The van der Waals surface area contributed by atoms with Crippen molar-refractivity contribution in [1.29, 1.82) is 0 Å². The highest BCUT2D eigenvalue weighted by molar-refractivity contribution is 5.95. The van der Waals surface area contributed by atoms with Crippen LogP contribution in [0.15, 0.2) is 30.3 Å². The number of aryl methyl sites for hydroxylation is 3. The Balaban J connectivity index is 1.90. The van der Waals surface area contributed by atoms with Crippen LogP contribution >= 0.6 is 0 Å². The zero-order chi connectivity index (χ0) is 15.2. The number of hydrogen-bond acceptors (Lipinski definition) is 2. The van der Waals surface area contributed by atoms with Crippen LogP contribution in [0.25, 0.3) is 0 Å². The minimum atomic E-state index is -0.317. The van der Waals surface area contributed by atoms with E-state index in [0.29, 0.717) is 12.0 Å². The molecular formula is C17H21FN2O. The van der Waals surface area contributed by atoms with Crippen LogP contribution in [0.5, 0.6) is 0 Å². The molecule has 1 heterocycles. The highest BCUT2D eigenvalue weighted by atomic mass is 19.1. The molecule has 0 atom stereocenters. The first-order valence-corrected chi connectivity index (χ1v) is 7.48. The maximum absolute atomic E-state index is 12.8. The third-order valence-electron chi connectivity index (χ3n) is 3.58. The number of nitrogens with zero attached hydrogens (tertiary/aromatic N) is 2. The second-order valence-corrected chi connectivity index (χ2v) is 5.09. The third-order valence-corrected chi connectivity index (χ3v) is 3.58. The van der Waals surface area contributed by atoms with Gasteiger partial charge in [-0.15, -0.1) is 0 Å². The summed E-state index contributed by atoms with van der Waals surface area (Å²) in [6, 6.07) is 7.85. The summed E-state index contributed by atoms with van der Waals surface area (Å²) in [7, 11) is 0. The van der Waals surface area contributed by atoms with E-state index < -0.39 is 0 Å². The van der Waals surface area contributed by atoms with Gasteiger partial charge in [-0.1, -0.05) is 13.8 Å². The molecular weight excluding hydrogens is 267 g/mol. The maximum atomic E-state index is 12.8. The van der Waals surface area contributed by atoms with Gasteiger partial charge in [0.1, 0.15) is 5.82 Å². The van der Waals surface area contributed by atoms with Crippen molar-refractivity contribution in [1.82, 2.24) is 9.78 Å². The minimum absolute atomic E-state index is 0.0518. The largest absolute Gasteiger partial charge is 0.294 e. The Bertz CT molecular complexity index is 602. The number of carbonyl (C=O) groups is 1. The van der Waals surface area contributed by atoms with E-state index in [2.05, 4.69) is 25.0 Å². The number of Topliss-reactive ketones (excluding diaryl/α,β-unsaturated/α-hetero) is 1. The Morgan fingerprint density at radius 3 is 2.52 bits per heavy atom. The highest BCUT2D eigenvalue weighted by Gasteiger charge is 2.08. The Kier molecular flexibility index (Phi) is 5.26. The summed E-state index contributed by atoms with van der Waals surface area (Å²) in [5.74, 6) is -0.265. The molecule has 0 aliphatic heterocycles. The molecule has 21 heavy (non-hydrogen) atoms. The van der Waals surface area contributed by atoms with Crippen molar-refractivity contribution >= 4 is 5.78 Å². The molecule has 0 saturated heterocycles. The van der Waals surface area contributed by atoms with Gasteiger partial charge in [-0.3, -0.25) is 9.48 Å². The molecule has 1 aromatic heterocycles. The van der Waals surface area contributed by atoms with Crippen LogP contribution in [0.3, 0.4) is 0 Å². The Morgan fingerprint density at radius 1 is 1.19 bits per heavy atom. The van der Waals surface area contributed by atoms with E-state index in [0.717, 1.165) is 31.5 Å². The Morgan fingerprint density at radius 2 is 1.90 bits per heavy atom. The highest BCUT2D eigenvalue weighted by Crippen LogP contribution is 2.11. The number of aromatic nitrogens is 2. The zero-order valence-corrected chi connectivity index (χ0v) is 12.6. The van der Waals surface area contributed by atoms with Crippen LogP contribution in [0.2, 0.25) is 0 Å². The van der Waals surface area contributed by atoms with E-state index in [1.165, 1.54) is 30.0 Å². The number of rotatable bonds is 7. The molecule has 0 radical (unpaired) electrons. The zero-order valence-electron chi connectivity index (χ0n) is 12.6. The molecule has 2 aromatic rings. The molecule has 0 saturated carbocycles. The van der Waals surface area contributed by atoms with Gasteiger partial charge in [0, 0.05) is 24.2 Å². The molecule has 2 rings (SSSR count). The third kappa shape index (κ3) is 4.00. The van der Waals surface area contributed by atoms with Crippen molar-refractivity contribution < 1.29 is 9.18 Å². The predicted octanol–water partition coefficient (Wildman–Crippen LogP) is 3.81. The van der Waals surface area contributed by atoms with Gasteiger partial charge in [-0.05, 0) is 49.6 Å². The summed E-state index contributed by atoms with van der Waals surface area (Å²) < 4.78 is 14.8. The standard InChI is InChI=1S/C17H21FN2O/c1-3-15-12-16(4-2)20(19-15)11-5-6-17(21)13-7-9-14(18)10-8-13/h7-10,12H,3-6,11H2,1-2H3. The van der Waals surface area contributed by atoms with Gasteiger partial charge < -0.3 is 0 Å². The number of halogens is 1. The monoisotopic (exact) mass is 288 g/mol. The van der Waals surface area contributed by atoms with Crippen molar-refractivity contribution in [2.24, 2.45) is 0 Å². The molecule has 0 N–H and O–H groups in total. The van der Waals surface area contributed by atoms with Gasteiger partial charge in [0.05, 0.1) is 5.69 Å².